The molecule has 0 saturated carbocycles. The van der Waals surface area contributed by atoms with Crippen LogP contribution in [0.15, 0.2) is 59.5 Å². The molecule has 140 valence electrons. The number of rotatable bonds is 6. The van der Waals surface area contributed by atoms with Gasteiger partial charge < -0.3 is 4.74 Å². The summed E-state index contributed by atoms with van der Waals surface area (Å²) in [7, 11) is 1.58. The number of nitriles is 1. The third-order valence-corrected chi connectivity index (χ3v) is 4.93. The fourth-order valence-corrected chi connectivity index (χ4v) is 3.27. The molecule has 0 aliphatic heterocycles. The van der Waals surface area contributed by atoms with Gasteiger partial charge in [0.2, 0.25) is 0 Å². The maximum atomic E-state index is 12.4. The molecular weight excluding hydrogens is 370 g/mol. The largest absolute Gasteiger partial charge is 0.497 e. The minimum atomic E-state index is -0.486. The highest BCUT2D eigenvalue weighted by atomic mass is 32.1. The number of anilines is 1. The van der Waals surface area contributed by atoms with Crippen molar-refractivity contribution >= 4 is 28.5 Å². The number of methoxy groups -OCH3 is 1. The van der Waals surface area contributed by atoms with Gasteiger partial charge in [-0.2, -0.15) is 5.26 Å². The standard InChI is InChI=1S/C22H19N3O2S/c1-3-15-4-8-17(9-5-15)20-14-28-22(24-20)25-21(26)18(13-23)12-16-6-10-19(27-2)11-7-16/h4-12,14H,3H2,1-2H3,(H,24,25,26)/b18-12+. The summed E-state index contributed by atoms with van der Waals surface area (Å²) < 4.78 is 5.11. The molecule has 1 heterocycles. The van der Waals surface area contributed by atoms with Gasteiger partial charge in [0, 0.05) is 10.9 Å². The van der Waals surface area contributed by atoms with Gasteiger partial charge in [0.1, 0.15) is 17.4 Å². The van der Waals surface area contributed by atoms with Gasteiger partial charge in [-0.3, -0.25) is 10.1 Å². The van der Waals surface area contributed by atoms with E-state index in [9.17, 15) is 10.1 Å². The molecule has 3 rings (SSSR count). The SMILES string of the molecule is CCc1ccc(-c2csc(NC(=O)/C(C#N)=C/c3ccc(OC)cc3)n2)cc1. The lowest BCUT2D eigenvalue weighted by molar-refractivity contribution is -0.112. The van der Waals surface area contributed by atoms with Crippen LogP contribution < -0.4 is 10.1 Å². The van der Waals surface area contributed by atoms with Crippen LogP contribution >= 0.6 is 11.3 Å². The summed E-state index contributed by atoms with van der Waals surface area (Å²) in [6.07, 6.45) is 2.52. The number of thiazole rings is 1. The third kappa shape index (κ3) is 4.64. The molecule has 0 aliphatic rings. The van der Waals surface area contributed by atoms with Gasteiger partial charge in [-0.1, -0.05) is 43.3 Å². The number of ether oxygens (including phenoxy) is 1. The smallest absolute Gasteiger partial charge is 0.268 e. The first kappa shape index (κ1) is 19.3. The van der Waals surface area contributed by atoms with Crippen LogP contribution in [0.1, 0.15) is 18.1 Å². The lowest BCUT2D eigenvalue weighted by Crippen LogP contribution is -2.13. The van der Waals surface area contributed by atoms with Crippen LogP contribution in [-0.4, -0.2) is 18.0 Å². The van der Waals surface area contributed by atoms with E-state index in [4.69, 9.17) is 4.74 Å². The van der Waals surface area contributed by atoms with E-state index in [1.54, 1.807) is 31.4 Å². The van der Waals surface area contributed by atoms with Crippen molar-refractivity contribution in [3.63, 3.8) is 0 Å². The number of benzene rings is 2. The van der Waals surface area contributed by atoms with Gasteiger partial charge in [-0.05, 0) is 35.8 Å². The molecule has 2 aromatic carbocycles. The maximum Gasteiger partial charge on any atom is 0.268 e. The van der Waals surface area contributed by atoms with Crippen molar-refractivity contribution in [1.29, 1.82) is 5.26 Å². The molecule has 0 bridgehead atoms. The highest BCUT2D eigenvalue weighted by Gasteiger charge is 2.12. The molecule has 5 nitrogen and oxygen atoms in total. The van der Waals surface area contributed by atoms with E-state index in [0.29, 0.717) is 10.9 Å². The molecule has 1 amide bonds. The molecule has 1 N–H and O–H groups in total. The number of hydrogen-bond acceptors (Lipinski definition) is 5. The molecule has 28 heavy (non-hydrogen) atoms. The van der Waals surface area contributed by atoms with Crippen LogP contribution in [0.4, 0.5) is 5.13 Å². The van der Waals surface area contributed by atoms with Crippen molar-refractivity contribution in [3.05, 3.63) is 70.6 Å². The second-order valence-corrected chi connectivity index (χ2v) is 6.84. The third-order valence-electron chi connectivity index (χ3n) is 4.17. The summed E-state index contributed by atoms with van der Waals surface area (Å²) in [5, 5.41) is 14.4. The number of carbonyl (C=O) groups is 1. The number of nitrogens with zero attached hydrogens (tertiary/aromatic N) is 2. The topological polar surface area (TPSA) is 75.0 Å². The van der Waals surface area contributed by atoms with Crippen LogP contribution in [0, 0.1) is 11.3 Å². The molecule has 0 atom stereocenters. The number of aromatic nitrogens is 1. The highest BCUT2D eigenvalue weighted by Crippen LogP contribution is 2.25. The molecule has 6 heteroatoms. The van der Waals surface area contributed by atoms with Crippen LogP contribution in [-0.2, 0) is 11.2 Å². The van der Waals surface area contributed by atoms with Gasteiger partial charge in [0.25, 0.3) is 5.91 Å². The Labute approximate surface area is 167 Å². The Morgan fingerprint density at radius 3 is 2.54 bits per heavy atom. The zero-order valence-electron chi connectivity index (χ0n) is 15.6. The number of aryl methyl sites for hydroxylation is 1. The Kier molecular flexibility index (Phi) is 6.20. The second kappa shape index (κ2) is 8.98. The number of hydrogen-bond donors (Lipinski definition) is 1. The summed E-state index contributed by atoms with van der Waals surface area (Å²) in [4.78, 5) is 16.9. The van der Waals surface area contributed by atoms with E-state index in [-0.39, 0.29) is 5.57 Å². The normalized spacial score (nSPS) is 11.0. The van der Waals surface area contributed by atoms with E-state index < -0.39 is 5.91 Å². The minimum Gasteiger partial charge on any atom is -0.497 e. The first-order valence-electron chi connectivity index (χ1n) is 8.75. The molecule has 0 unspecified atom stereocenters. The number of nitrogens with one attached hydrogen (secondary N) is 1. The van der Waals surface area contributed by atoms with Crippen molar-refractivity contribution in [1.82, 2.24) is 4.98 Å². The van der Waals surface area contributed by atoms with E-state index in [2.05, 4.69) is 29.4 Å². The first-order valence-corrected chi connectivity index (χ1v) is 9.63. The predicted molar refractivity (Wildman–Crippen MR) is 112 cm³/mol. The second-order valence-electron chi connectivity index (χ2n) is 5.99. The summed E-state index contributed by atoms with van der Waals surface area (Å²) in [6.45, 7) is 2.11. The lowest BCUT2D eigenvalue weighted by atomic mass is 10.1. The van der Waals surface area contributed by atoms with Gasteiger partial charge in [-0.25, -0.2) is 4.98 Å². The molecule has 1 aromatic heterocycles. The Balaban J connectivity index is 1.73. The van der Waals surface area contributed by atoms with Gasteiger partial charge in [0.05, 0.1) is 12.8 Å². The van der Waals surface area contributed by atoms with Crippen molar-refractivity contribution in [3.8, 4) is 23.1 Å². The molecule has 0 aliphatic carbocycles. The predicted octanol–water partition coefficient (Wildman–Crippen LogP) is 4.93. The molecule has 0 radical (unpaired) electrons. The van der Waals surface area contributed by atoms with Gasteiger partial charge in [0.15, 0.2) is 5.13 Å². The molecule has 3 aromatic rings. The highest BCUT2D eigenvalue weighted by molar-refractivity contribution is 7.14. The molecule has 0 saturated heterocycles. The maximum absolute atomic E-state index is 12.4. The summed E-state index contributed by atoms with van der Waals surface area (Å²) in [5.41, 5.74) is 3.79. The van der Waals surface area contributed by atoms with Crippen LogP contribution in [0.2, 0.25) is 0 Å². The average Bonchev–Trinajstić information content (AvgIpc) is 3.20. The Morgan fingerprint density at radius 1 is 1.21 bits per heavy atom. The average molecular weight is 389 g/mol. The molecule has 0 fully saturated rings. The zero-order chi connectivity index (χ0) is 19.9. The monoisotopic (exact) mass is 389 g/mol. The van der Waals surface area contributed by atoms with Crippen molar-refractivity contribution < 1.29 is 9.53 Å². The van der Waals surface area contributed by atoms with Crippen molar-refractivity contribution in [2.75, 3.05) is 12.4 Å². The fourth-order valence-electron chi connectivity index (χ4n) is 2.55. The number of carbonyl (C=O) groups excluding carboxylic acids is 1. The minimum absolute atomic E-state index is 0.00853. The van der Waals surface area contributed by atoms with E-state index >= 15 is 0 Å². The van der Waals surface area contributed by atoms with Crippen LogP contribution in [0.3, 0.4) is 0 Å². The quantitative estimate of drug-likeness (QED) is 0.479. The molecule has 0 spiro atoms. The first-order chi connectivity index (χ1) is 13.6. The fraction of sp³-hybridized carbons (Fsp3) is 0.136. The zero-order valence-corrected chi connectivity index (χ0v) is 16.4. The summed E-state index contributed by atoms with van der Waals surface area (Å²) >= 11 is 1.33. The van der Waals surface area contributed by atoms with Crippen molar-refractivity contribution in [2.45, 2.75) is 13.3 Å². The summed E-state index contributed by atoms with van der Waals surface area (Å²) in [5.74, 6) is 0.225. The van der Waals surface area contributed by atoms with Crippen LogP contribution in [0.5, 0.6) is 5.75 Å². The molecular formula is C22H19N3O2S. The van der Waals surface area contributed by atoms with E-state index in [1.807, 2.05) is 23.6 Å². The van der Waals surface area contributed by atoms with E-state index in [0.717, 1.165) is 23.2 Å². The summed E-state index contributed by atoms with van der Waals surface area (Å²) in [6, 6.07) is 17.2. The Hall–Kier alpha value is -3.43. The lowest BCUT2D eigenvalue weighted by Gasteiger charge is -2.02. The number of amides is 1. The van der Waals surface area contributed by atoms with Gasteiger partial charge in [-0.15, -0.1) is 11.3 Å². The van der Waals surface area contributed by atoms with E-state index in [1.165, 1.54) is 23.0 Å². The Bertz CT molecular complexity index is 1030. The Morgan fingerprint density at radius 2 is 1.93 bits per heavy atom. The van der Waals surface area contributed by atoms with Crippen molar-refractivity contribution in [2.24, 2.45) is 0 Å². The van der Waals surface area contributed by atoms with Crippen LogP contribution in [0.25, 0.3) is 17.3 Å². The van der Waals surface area contributed by atoms with Gasteiger partial charge >= 0.3 is 0 Å².